The molecule has 0 aromatic rings. The largest absolute Gasteiger partial charge is 0.378 e. The van der Waals surface area contributed by atoms with Crippen molar-refractivity contribution in [3.8, 4) is 0 Å². The van der Waals surface area contributed by atoms with Crippen molar-refractivity contribution >= 4 is 0 Å². The van der Waals surface area contributed by atoms with Gasteiger partial charge in [0.15, 0.2) is 0 Å². The van der Waals surface area contributed by atoms with Gasteiger partial charge in [-0.2, -0.15) is 0 Å². The van der Waals surface area contributed by atoms with Gasteiger partial charge in [-0.1, -0.05) is 78.1 Å². The summed E-state index contributed by atoms with van der Waals surface area (Å²) in [5.41, 5.74) is 0. The molecular formula is C23H47NO. The van der Waals surface area contributed by atoms with Gasteiger partial charge in [-0.3, -0.25) is 0 Å². The van der Waals surface area contributed by atoms with E-state index in [1.165, 1.54) is 96.6 Å². The van der Waals surface area contributed by atoms with Crippen LogP contribution >= 0.6 is 0 Å². The normalized spacial score (nSPS) is 18.7. The van der Waals surface area contributed by atoms with Gasteiger partial charge in [0.05, 0.1) is 12.7 Å². The van der Waals surface area contributed by atoms with Crippen LogP contribution in [0.3, 0.4) is 0 Å². The first-order chi connectivity index (χ1) is 12.2. The van der Waals surface area contributed by atoms with E-state index in [0.717, 1.165) is 18.6 Å². The third-order valence-electron chi connectivity index (χ3n) is 5.78. The Kier molecular flexibility index (Phi) is 13.8. The highest BCUT2D eigenvalue weighted by Gasteiger charge is 2.27. The summed E-state index contributed by atoms with van der Waals surface area (Å²) < 4.78 is 5.88. The van der Waals surface area contributed by atoms with Gasteiger partial charge in [0.2, 0.25) is 0 Å². The molecule has 2 heteroatoms. The number of unbranched alkanes of at least 4 members (excludes halogenated alkanes) is 8. The summed E-state index contributed by atoms with van der Waals surface area (Å²) in [6.45, 7) is 12.5. The summed E-state index contributed by atoms with van der Waals surface area (Å²) in [6.07, 6.45) is 18.7. The fourth-order valence-electron chi connectivity index (χ4n) is 4.14. The second kappa shape index (κ2) is 15.0. The molecule has 1 aliphatic rings. The highest BCUT2D eigenvalue weighted by molar-refractivity contribution is 4.82. The lowest BCUT2D eigenvalue weighted by Crippen LogP contribution is -2.34. The van der Waals surface area contributed by atoms with E-state index in [9.17, 15) is 0 Å². The predicted molar refractivity (Wildman–Crippen MR) is 111 cm³/mol. The second-order valence-corrected chi connectivity index (χ2v) is 8.59. The van der Waals surface area contributed by atoms with Gasteiger partial charge in [0.1, 0.15) is 0 Å². The second-order valence-electron chi connectivity index (χ2n) is 8.59. The zero-order valence-corrected chi connectivity index (χ0v) is 17.9. The van der Waals surface area contributed by atoms with Crippen LogP contribution in [-0.4, -0.2) is 36.7 Å². The number of ether oxygens (including phenoxy) is 1. The molecule has 1 unspecified atom stereocenters. The molecule has 1 fully saturated rings. The molecule has 2 nitrogen and oxygen atoms in total. The molecule has 0 spiro atoms. The average Bonchev–Trinajstić information content (AvgIpc) is 3.06. The maximum absolute atomic E-state index is 5.88. The SMILES string of the molecule is CCCCCCCC(CCCCCCC)N1CCC(COC(C)C)C1. The summed E-state index contributed by atoms with van der Waals surface area (Å²) in [5.74, 6) is 0.769. The maximum atomic E-state index is 5.88. The standard InChI is InChI=1S/C23H47NO/c1-5-7-9-11-13-15-23(16-14-12-10-8-6-2)24-18-17-22(19-24)20-25-21(3)4/h21-23H,5-20H2,1-4H3. The topological polar surface area (TPSA) is 12.5 Å². The minimum absolute atomic E-state index is 0.377. The first-order valence-electron chi connectivity index (χ1n) is 11.5. The monoisotopic (exact) mass is 353 g/mol. The minimum Gasteiger partial charge on any atom is -0.378 e. The van der Waals surface area contributed by atoms with Crippen molar-refractivity contribution in [2.75, 3.05) is 19.7 Å². The number of hydrogen-bond acceptors (Lipinski definition) is 2. The fourth-order valence-corrected chi connectivity index (χ4v) is 4.14. The lowest BCUT2D eigenvalue weighted by molar-refractivity contribution is 0.0512. The first kappa shape index (κ1) is 23.0. The zero-order valence-electron chi connectivity index (χ0n) is 17.9. The molecule has 0 aromatic carbocycles. The van der Waals surface area contributed by atoms with Crippen LogP contribution in [0, 0.1) is 5.92 Å². The van der Waals surface area contributed by atoms with Crippen molar-refractivity contribution in [3.63, 3.8) is 0 Å². The fraction of sp³-hybridized carbons (Fsp3) is 1.00. The van der Waals surface area contributed by atoms with Crippen molar-refractivity contribution in [2.45, 2.75) is 123 Å². The highest BCUT2D eigenvalue weighted by Crippen LogP contribution is 2.25. The van der Waals surface area contributed by atoms with Crippen LogP contribution in [0.25, 0.3) is 0 Å². The summed E-state index contributed by atoms with van der Waals surface area (Å²) in [6, 6.07) is 0.840. The van der Waals surface area contributed by atoms with Gasteiger partial charge < -0.3 is 9.64 Å². The molecule has 0 radical (unpaired) electrons. The Morgan fingerprint density at radius 1 is 0.840 bits per heavy atom. The highest BCUT2D eigenvalue weighted by atomic mass is 16.5. The van der Waals surface area contributed by atoms with E-state index in [4.69, 9.17) is 4.74 Å². The van der Waals surface area contributed by atoms with Crippen molar-refractivity contribution in [2.24, 2.45) is 5.92 Å². The summed E-state index contributed by atoms with van der Waals surface area (Å²) in [4.78, 5) is 2.81. The van der Waals surface area contributed by atoms with Gasteiger partial charge in [-0.25, -0.2) is 0 Å². The van der Waals surface area contributed by atoms with Crippen molar-refractivity contribution < 1.29 is 4.74 Å². The molecule has 150 valence electrons. The molecule has 1 heterocycles. The average molecular weight is 354 g/mol. The van der Waals surface area contributed by atoms with Gasteiger partial charge in [-0.15, -0.1) is 0 Å². The first-order valence-corrected chi connectivity index (χ1v) is 11.5. The minimum atomic E-state index is 0.377. The van der Waals surface area contributed by atoms with Crippen LogP contribution in [-0.2, 0) is 4.74 Å². The Balaban J connectivity index is 2.32. The zero-order chi connectivity index (χ0) is 18.3. The van der Waals surface area contributed by atoms with Crippen LogP contribution in [0.15, 0.2) is 0 Å². The van der Waals surface area contributed by atoms with Crippen molar-refractivity contribution in [3.05, 3.63) is 0 Å². The van der Waals surface area contributed by atoms with Gasteiger partial charge >= 0.3 is 0 Å². The Labute approximate surface area is 159 Å². The van der Waals surface area contributed by atoms with Gasteiger partial charge in [0.25, 0.3) is 0 Å². The van der Waals surface area contributed by atoms with Crippen molar-refractivity contribution in [1.82, 2.24) is 4.90 Å². The van der Waals surface area contributed by atoms with Crippen molar-refractivity contribution in [1.29, 1.82) is 0 Å². The van der Waals surface area contributed by atoms with E-state index < -0.39 is 0 Å². The summed E-state index contributed by atoms with van der Waals surface area (Å²) in [5, 5.41) is 0. The molecule has 1 saturated heterocycles. The quantitative estimate of drug-likeness (QED) is 0.282. The van der Waals surface area contributed by atoms with Crippen LogP contribution in [0.4, 0.5) is 0 Å². The van der Waals surface area contributed by atoms with E-state index in [0.29, 0.717) is 6.10 Å². The molecule has 0 bridgehead atoms. The Morgan fingerprint density at radius 3 is 1.92 bits per heavy atom. The van der Waals surface area contributed by atoms with E-state index in [2.05, 4.69) is 32.6 Å². The molecule has 0 saturated carbocycles. The Morgan fingerprint density at radius 2 is 1.40 bits per heavy atom. The van der Waals surface area contributed by atoms with Gasteiger partial charge in [0, 0.05) is 12.6 Å². The molecule has 0 aliphatic carbocycles. The molecular weight excluding hydrogens is 306 g/mol. The summed E-state index contributed by atoms with van der Waals surface area (Å²) in [7, 11) is 0. The third kappa shape index (κ3) is 11.3. The maximum Gasteiger partial charge on any atom is 0.0519 e. The number of nitrogens with zero attached hydrogens (tertiary/aromatic N) is 1. The molecule has 0 N–H and O–H groups in total. The lowest BCUT2D eigenvalue weighted by Gasteiger charge is -2.28. The van der Waals surface area contributed by atoms with E-state index >= 15 is 0 Å². The van der Waals surface area contributed by atoms with E-state index in [1.807, 2.05) is 0 Å². The van der Waals surface area contributed by atoms with Crippen LogP contribution in [0.2, 0.25) is 0 Å². The van der Waals surface area contributed by atoms with E-state index in [-0.39, 0.29) is 0 Å². The number of hydrogen-bond donors (Lipinski definition) is 0. The lowest BCUT2D eigenvalue weighted by atomic mass is 9.99. The smallest absolute Gasteiger partial charge is 0.0519 e. The van der Waals surface area contributed by atoms with E-state index in [1.54, 1.807) is 0 Å². The Hall–Kier alpha value is -0.0800. The third-order valence-corrected chi connectivity index (χ3v) is 5.78. The Bertz CT molecular complexity index is 278. The number of rotatable bonds is 16. The van der Waals surface area contributed by atoms with Crippen LogP contribution in [0.1, 0.15) is 111 Å². The molecule has 1 atom stereocenters. The van der Waals surface area contributed by atoms with Crippen LogP contribution in [0.5, 0.6) is 0 Å². The number of likely N-dealkylation sites (tertiary alicyclic amines) is 1. The molecule has 0 amide bonds. The summed E-state index contributed by atoms with van der Waals surface area (Å²) >= 11 is 0. The predicted octanol–water partition coefficient (Wildman–Crippen LogP) is 6.82. The molecule has 25 heavy (non-hydrogen) atoms. The van der Waals surface area contributed by atoms with Crippen LogP contribution < -0.4 is 0 Å². The molecule has 0 aromatic heterocycles. The van der Waals surface area contributed by atoms with Gasteiger partial charge in [-0.05, 0) is 45.6 Å². The molecule has 1 rings (SSSR count). The molecule has 1 aliphatic heterocycles.